The number of H-pyrrole nitrogens is 1. The minimum Gasteiger partial charge on any atom is -0.870 e. The third-order valence-electron chi connectivity index (χ3n) is 4.15. The fourth-order valence-corrected chi connectivity index (χ4v) is 3.89. The summed E-state index contributed by atoms with van der Waals surface area (Å²) in [6, 6.07) is 3.65. The van der Waals surface area contributed by atoms with Crippen LogP contribution in [0.3, 0.4) is 0 Å². The van der Waals surface area contributed by atoms with Crippen LogP contribution in [-0.4, -0.2) is 70.8 Å². The van der Waals surface area contributed by atoms with Crippen molar-refractivity contribution in [3.63, 3.8) is 0 Å². The van der Waals surface area contributed by atoms with E-state index >= 15 is 0 Å². The molecule has 1 amide bonds. The molecule has 0 unspecified atom stereocenters. The van der Waals surface area contributed by atoms with E-state index in [9.17, 15) is 13.2 Å². The normalized spacial score (nSPS) is 10.8. The zero-order valence-electron chi connectivity index (χ0n) is 17.2. The number of rotatable bonds is 7. The third kappa shape index (κ3) is 7.29. The van der Waals surface area contributed by atoms with Crippen LogP contribution in [0.4, 0.5) is 16.6 Å². The second kappa shape index (κ2) is 11.9. The van der Waals surface area contributed by atoms with E-state index < -0.39 is 16.3 Å². The fraction of sp³-hybridized carbons (Fsp3) is 0.500. The molecule has 2 aromatic rings. The fourth-order valence-electron chi connectivity index (χ4n) is 2.38. The van der Waals surface area contributed by atoms with Crippen molar-refractivity contribution in [1.82, 2.24) is 24.9 Å². The largest absolute Gasteiger partial charge is 0.870 e. The van der Waals surface area contributed by atoms with Crippen LogP contribution in [0.15, 0.2) is 24.5 Å². The maximum atomic E-state index is 11.9. The molecule has 0 fully saturated rings. The molecule has 0 aliphatic rings. The summed E-state index contributed by atoms with van der Waals surface area (Å²) in [6.45, 7) is 8.44. The van der Waals surface area contributed by atoms with Gasteiger partial charge in [-0.1, -0.05) is 0 Å². The van der Waals surface area contributed by atoms with Gasteiger partial charge in [0.15, 0.2) is 5.82 Å². The Kier molecular flexibility index (Phi) is 10.8. The van der Waals surface area contributed by atoms with Gasteiger partial charge >= 0.3 is 16.3 Å². The van der Waals surface area contributed by atoms with Gasteiger partial charge < -0.3 is 15.5 Å². The Hall–Kier alpha value is -2.77. The SMILES string of the molecule is CC[N+](CC)(CC)S(=O)(=O)NC(=O)OC.Cc1cc(Nc2ncccn2)n[nH]1.[OH-]. The molecule has 29 heavy (non-hydrogen) atoms. The molecule has 4 N–H and O–H groups in total. The predicted molar refractivity (Wildman–Crippen MR) is 107 cm³/mol. The van der Waals surface area contributed by atoms with Crippen molar-refractivity contribution >= 4 is 28.1 Å². The summed E-state index contributed by atoms with van der Waals surface area (Å²) in [4.78, 5) is 18.9. The number of carbonyl (C=O) groups excluding carboxylic acids is 1. The van der Waals surface area contributed by atoms with Crippen molar-refractivity contribution in [3.05, 3.63) is 30.2 Å². The van der Waals surface area contributed by atoms with Crippen molar-refractivity contribution in [2.24, 2.45) is 0 Å². The van der Waals surface area contributed by atoms with E-state index in [-0.39, 0.29) is 9.36 Å². The summed E-state index contributed by atoms with van der Waals surface area (Å²) in [5.41, 5.74) is 0.999. The Morgan fingerprint density at radius 2 is 1.72 bits per heavy atom. The van der Waals surface area contributed by atoms with Gasteiger partial charge in [-0.2, -0.15) is 18.2 Å². The molecule has 0 bridgehead atoms. The number of nitrogens with zero attached hydrogens (tertiary/aromatic N) is 4. The standard InChI is InChI=1S/C8H9N5.C8H18N2O4S.H2O/c1-6-5-7(13-12-6)11-8-9-3-2-4-10-8;1-5-10(6-2,7-3)15(12,13)9-8(11)14-4;/h2-5H,1H3,(H2,9,10,11,12,13);5-7H2,1-4H3;1H2. The van der Waals surface area contributed by atoms with E-state index in [4.69, 9.17) is 0 Å². The average Bonchev–Trinajstić information content (AvgIpc) is 3.09. The number of methoxy groups -OCH3 is 1. The van der Waals surface area contributed by atoms with Gasteiger partial charge in [-0.25, -0.2) is 18.7 Å². The number of ether oxygens (including phenoxy) is 1. The first kappa shape index (κ1) is 26.2. The van der Waals surface area contributed by atoms with Gasteiger partial charge in [0.1, 0.15) is 0 Å². The summed E-state index contributed by atoms with van der Waals surface area (Å²) in [5, 5.41) is 9.78. The summed E-state index contributed by atoms with van der Waals surface area (Å²) in [6.07, 6.45) is 2.40. The highest BCUT2D eigenvalue weighted by molar-refractivity contribution is 7.84. The van der Waals surface area contributed by atoms with Gasteiger partial charge in [0, 0.05) is 24.2 Å². The lowest BCUT2D eigenvalue weighted by atomic mass is 10.5. The van der Waals surface area contributed by atoms with Gasteiger partial charge in [-0.05, 0) is 33.8 Å². The molecular formula is C16H29N7O5S. The first-order valence-electron chi connectivity index (χ1n) is 8.76. The van der Waals surface area contributed by atoms with E-state index in [1.807, 2.05) is 17.7 Å². The first-order valence-corrected chi connectivity index (χ1v) is 10.2. The molecule has 2 aromatic heterocycles. The first-order chi connectivity index (χ1) is 13.2. The van der Waals surface area contributed by atoms with Gasteiger partial charge in [0.25, 0.3) is 0 Å². The summed E-state index contributed by atoms with van der Waals surface area (Å²) in [7, 11) is -2.60. The smallest absolute Gasteiger partial charge is 0.424 e. The molecular weight excluding hydrogens is 402 g/mol. The quantitative estimate of drug-likeness (QED) is 0.550. The number of amides is 1. The van der Waals surface area contributed by atoms with Crippen LogP contribution in [0.2, 0.25) is 0 Å². The average molecular weight is 432 g/mol. The lowest BCUT2D eigenvalue weighted by Crippen LogP contribution is -2.58. The predicted octanol–water partition coefficient (Wildman–Crippen LogP) is 1.54. The maximum absolute atomic E-state index is 11.9. The summed E-state index contributed by atoms with van der Waals surface area (Å²) < 4.78 is 29.7. The number of hydrogen-bond acceptors (Lipinski definition) is 9. The molecule has 0 radical (unpaired) electrons. The number of aromatic nitrogens is 4. The van der Waals surface area contributed by atoms with E-state index in [0.29, 0.717) is 25.6 Å². The topological polar surface area (TPSA) is 169 Å². The van der Waals surface area contributed by atoms with Crippen LogP contribution < -0.4 is 10.0 Å². The van der Waals surface area contributed by atoms with Crippen molar-refractivity contribution in [3.8, 4) is 0 Å². The van der Waals surface area contributed by atoms with Crippen LogP contribution in [0, 0.1) is 6.92 Å². The minimum absolute atomic E-state index is 0. The van der Waals surface area contributed by atoms with Crippen molar-refractivity contribution in [2.75, 3.05) is 32.1 Å². The van der Waals surface area contributed by atoms with E-state index in [2.05, 4.69) is 30.2 Å². The van der Waals surface area contributed by atoms with Crippen LogP contribution >= 0.6 is 0 Å². The number of nitrogens with one attached hydrogen (secondary N) is 3. The lowest BCUT2D eigenvalue weighted by molar-refractivity contribution is -0.801. The van der Waals surface area contributed by atoms with Crippen LogP contribution in [0.1, 0.15) is 26.5 Å². The summed E-state index contributed by atoms with van der Waals surface area (Å²) in [5.74, 6) is 1.28. The van der Waals surface area contributed by atoms with Crippen LogP contribution in [0.5, 0.6) is 0 Å². The Morgan fingerprint density at radius 1 is 1.17 bits per heavy atom. The van der Waals surface area contributed by atoms with Gasteiger partial charge in [-0.15, -0.1) is 0 Å². The highest BCUT2D eigenvalue weighted by Crippen LogP contribution is 2.13. The Labute approximate surface area is 170 Å². The molecule has 0 aliphatic carbocycles. The molecule has 13 heteroatoms. The van der Waals surface area contributed by atoms with Gasteiger partial charge in [0.2, 0.25) is 5.95 Å². The highest BCUT2D eigenvalue weighted by Gasteiger charge is 2.38. The second-order valence-electron chi connectivity index (χ2n) is 5.71. The maximum Gasteiger partial charge on any atom is 0.424 e. The van der Waals surface area contributed by atoms with Crippen LogP contribution in [-0.2, 0) is 14.9 Å². The van der Waals surface area contributed by atoms with E-state index in [1.54, 1.807) is 39.2 Å². The molecule has 0 saturated carbocycles. The number of carbonyl (C=O) groups is 1. The monoisotopic (exact) mass is 431 g/mol. The molecule has 0 spiro atoms. The molecule has 2 rings (SSSR count). The Bertz CT molecular complexity index is 830. The van der Waals surface area contributed by atoms with Crippen molar-refractivity contribution in [1.29, 1.82) is 0 Å². The zero-order chi connectivity index (χ0) is 21.2. The van der Waals surface area contributed by atoms with Crippen molar-refractivity contribution < 1.29 is 27.3 Å². The van der Waals surface area contributed by atoms with Crippen LogP contribution in [0.25, 0.3) is 0 Å². The molecule has 0 aliphatic heterocycles. The number of anilines is 2. The van der Waals surface area contributed by atoms with E-state index in [0.717, 1.165) is 18.6 Å². The zero-order valence-corrected chi connectivity index (χ0v) is 18.0. The molecule has 12 nitrogen and oxygen atoms in total. The third-order valence-corrected chi connectivity index (χ3v) is 6.37. The number of quaternary nitrogens is 1. The number of aromatic amines is 1. The molecule has 0 aromatic carbocycles. The lowest BCUT2D eigenvalue weighted by Gasteiger charge is -2.32. The Morgan fingerprint density at radius 3 is 2.14 bits per heavy atom. The minimum atomic E-state index is -3.73. The van der Waals surface area contributed by atoms with Gasteiger partial charge in [0.05, 0.1) is 26.7 Å². The van der Waals surface area contributed by atoms with Gasteiger partial charge in [-0.3, -0.25) is 5.10 Å². The molecule has 0 atom stereocenters. The second-order valence-corrected chi connectivity index (χ2v) is 7.64. The molecule has 0 saturated heterocycles. The highest BCUT2D eigenvalue weighted by atomic mass is 32.2. The number of aryl methyl sites for hydroxylation is 1. The Balaban J connectivity index is 0.000000525. The van der Waals surface area contributed by atoms with E-state index in [1.165, 1.54) is 0 Å². The van der Waals surface area contributed by atoms with Crippen molar-refractivity contribution in [2.45, 2.75) is 27.7 Å². The summed E-state index contributed by atoms with van der Waals surface area (Å²) >= 11 is 0. The molecule has 164 valence electrons. The molecule has 2 heterocycles. The number of hydrogen-bond donors (Lipinski definition) is 3.